The predicted molar refractivity (Wildman–Crippen MR) is 87.8 cm³/mol. The molecule has 1 aromatic carbocycles. The Morgan fingerprint density at radius 3 is 2.96 bits per heavy atom. The molecule has 0 spiro atoms. The van der Waals surface area contributed by atoms with Gasteiger partial charge in [0.15, 0.2) is 6.61 Å². The van der Waals surface area contributed by atoms with Gasteiger partial charge in [0.1, 0.15) is 5.75 Å². The van der Waals surface area contributed by atoms with Crippen molar-refractivity contribution in [2.24, 2.45) is 0 Å². The lowest BCUT2D eigenvalue weighted by Gasteiger charge is -2.09. The molecule has 122 valence electrons. The van der Waals surface area contributed by atoms with Gasteiger partial charge in [0.25, 0.3) is 11.5 Å². The third kappa shape index (κ3) is 5.41. The standard InChI is InChI=1S/C16H18ClN3O3/c1-12-10-13(5-6-14(12)17)23-11-15(21)18-7-3-9-20-16(22)4-2-8-19-20/h2,4-6,8,10H,3,7,9,11H2,1H3,(H,18,21). The van der Waals surface area contributed by atoms with Gasteiger partial charge >= 0.3 is 0 Å². The number of carbonyl (C=O) groups excluding carboxylic acids is 1. The monoisotopic (exact) mass is 335 g/mol. The van der Waals surface area contributed by atoms with Crippen LogP contribution in [0.25, 0.3) is 0 Å². The van der Waals surface area contributed by atoms with E-state index in [4.69, 9.17) is 16.3 Å². The number of hydrogen-bond donors (Lipinski definition) is 1. The fourth-order valence-electron chi connectivity index (χ4n) is 1.92. The summed E-state index contributed by atoms with van der Waals surface area (Å²) in [5.41, 5.74) is 0.741. The molecule has 7 heteroatoms. The number of aromatic nitrogens is 2. The minimum atomic E-state index is -0.217. The third-order valence-electron chi connectivity index (χ3n) is 3.15. The lowest BCUT2D eigenvalue weighted by atomic mass is 10.2. The van der Waals surface area contributed by atoms with E-state index in [9.17, 15) is 9.59 Å². The first-order valence-corrected chi connectivity index (χ1v) is 7.62. The molecule has 0 atom stereocenters. The molecule has 0 saturated carbocycles. The SMILES string of the molecule is Cc1cc(OCC(=O)NCCCn2ncccc2=O)ccc1Cl. The van der Waals surface area contributed by atoms with Crippen LogP contribution in [0.3, 0.4) is 0 Å². The zero-order chi connectivity index (χ0) is 16.7. The van der Waals surface area contributed by atoms with Crippen LogP contribution in [0.2, 0.25) is 5.02 Å². The van der Waals surface area contributed by atoms with Gasteiger partial charge in [-0.25, -0.2) is 4.68 Å². The van der Waals surface area contributed by atoms with Crippen molar-refractivity contribution in [1.82, 2.24) is 15.1 Å². The van der Waals surface area contributed by atoms with E-state index >= 15 is 0 Å². The normalized spacial score (nSPS) is 10.3. The summed E-state index contributed by atoms with van der Waals surface area (Å²) in [5, 5.41) is 7.34. The molecule has 2 rings (SSSR count). The molecule has 0 fully saturated rings. The van der Waals surface area contributed by atoms with E-state index in [1.54, 1.807) is 30.5 Å². The van der Waals surface area contributed by atoms with Gasteiger partial charge in [0.2, 0.25) is 0 Å². The first-order chi connectivity index (χ1) is 11.1. The predicted octanol–water partition coefficient (Wildman–Crippen LogP) is 1.79. The van der Waals surface area contributed by atoms with Gasteiger partial charge in [0.05, 0.1) is 0 Å². The van der Waals surface area contributed by atoms with Crippen LogP contribution in [0.1, 0.15) is 12.0 Å². The zero-order valence-corrected chi connectivity index (χ0v) is 13.5. The molecular weight excluding hydrogens is 318 g/mol. The number of amides is 1. The van der Waals surface area contributed by atoms with Gasteiger partial charge in [-0.1, -0.05) is 11.6 Å². The number of aryl methyl sites for hydroxylation is 2. The van der Waals surface area contributed by atoms with E-state index in [2.05, 4.69) is 10.4 Å². The Labute approximate surface area is 139 Å². The minimum Gasteiger partial charge on any atom is -0.484 e. The van der Waals surface area contributed by atoms with Crippen LogP contribution in [-0.2, 0) is 11.3 Å². The Balaban J connectivity index is 1.68. The Kier molecular flexibility index (Phi) is 6.17. The van der Waals surface area contributed by atoms with Crippen molar-refractivity contribution in [1.29, 1.82) is 0 Å². The maximum atomic E-state index is 11.7. The number of carbonyl (C=O) groups is 1. The number of nitrogens with zero attached hydrogens (tertiary/aromatic N) is 2. The highest BCUT2D eigenvalue weighted by molar-refractivity contribution is 6.31. The number of nitrogens with one attached hydrogen (secondary N) is 1. The summed E-state index contributed by atoms with van der Waals surface area (Å²) >= 11 is 5.93. The van der Waals surface area contributed by atoms with Crippen molar-refractivity contribution in [3.05, 3.63) is 57.5 Å². The maximum Gasteiger partial charge on any atom is 0.266 e. The molecule has 0 aliphatic rings. The Morgan fingerprint density at radius 1 is 1.39 bits per heavy atom. The Hall–Kier alpha value is -2.34. The van der Waals surface area contributed by atoms with Gasteiger partial charge < -0.3 is 10.1 Å². The topological polar surface area (TPSA) is 73.2 Å². The highest BCUT2D eigenvalue weighted by Crippen LogP contribution is 2.20. The van der Waals surface area contributed by atoms with Crippen LogP contribution in [0, 0.1) is 6.92 Å². The van der Waals surface area contributed by atoms with E-state index < -0.39 is 0 Å². The van der Waals surface area contributed by atoms with E-state index in [1.807, 2.05) is 6.92 Å². The summed E-state index contributed by atoms with van der Waals surface area (Å²) in [6.45, 7) is 2.71. The second-order valence-corrected chi connectivity index (χ2v) is 5.40. The first-order valence-electron chi connectivity index (χ1n) is 7.24. The fraction of sp³-hybridized carbons (Fsp3) is 0.312. The van der Waals surface area contributed by atoms with Gasteiger partial charge in [-0.05, 0) is 43.2 Å². The molecule has 2 aromatic rings. The molecule has 0 saturated heterocycles. The van der Waals surface area contributed by atoms with Crippen molar-refractivity contribution in [2.45, 2.75) is 19.9 Å². The maximum absolute atomic E-state index is 11.7. The largest absolute Gasteiger partial charge is 0.484 e. The van der Waals surface area contributed by atoms with Gasteiger partial charge in [-0.2, -0.15) is 5.10 Å². The number of rotatable bonds is 7. The summed E-state index contributed by atoms with van der Waals surface area (Å²) in [6.07, 6.45) is 2.17. The number of hydrogen-bond acceptors (Lipinski definition) is 4. The van der Waals surface area contributed by atoms with Gasteiger partial charge in [-0.15, -0.1) is 0 Å². The Morgan fingerprint density at radius 2 is 2.22 bits per heavy atom. The Bertz CT molecular complexity index is 731. The van der Waals surface area contributed by atoms with Crippen molar-refractivity contribution >= 4 is 17.5 Å². The van der Waals surface area contributed by atoms with Crippen LogP contribution in [0.5, 0.6) is 5.75 Å². The second-order valence-electron chi connectivity index (χ2n) is 4.99. The lowest BCUT2D eigenvalue weighted by molar-refractivity contribution is -0.123. The van der Waals surface area contributed by atoms with Crippen LogP contribution >= 0.6 is 11.6 Å². The number of ether oxygens (including phenoxy) is 1. The van der Waals surface area contributed by atoms with Crippen molar-refractivity contribution < 1.29 is 9.53 Å². The van der Waals surface area contributed by atoms with Crippen LogP contribution < -0.4 is 15.6 Å². The molecule has 1 heterocycles. The molecule has 0 radical (unpaired) electrons. The highest BCUT2D eigenvalue weighted by atomic mass is 35.5. The quantitative estimate of drug-likeness (QED) is 0.783. The molecule has 0 bridgehead atoms. The molecule has 1 aromatic heterocycles. The average molecular weight is 336 g/mol. The third-order valence-corrected chi connectivity index (χ3v) is 3.58. The molecule has 0 aliphatic heterocycles. The van der Waals surface area contributed by atoms with Gasteiger partial charge in [0, 0.05) is 30.4 Å². The van der Waals surface area contributed by atoms with E-state index in [1.165, 1.54) is 10.7 Å². The lowest BCUT2D eigenvalue weighted by Crippen LogP contribution is -2.31. The van der Waals surface area contributed by atoms with Crippen LogP contribution in [-0.4, -0.2) is 28.8 Å². The minimum absolute atomic E-state index is 0.0649. The first kappa shape index (κ1) is 17.0. The highest BCUT2D eigenvalue weighted by Gasteiger charge is 2.04. The number of halogens is 1. The van der Waals surface area contributed by atoms with Crippen LogP contribution in [0.15, 0.2) is 41.3 Å². The van der Waals surface area contributed by atoms with Crippen molar-refractivity contribution in [3.63, 3.8) is 0 Å². The van der Waals surface area contributed by atoms with E-state index in [0.29, 0.717) is 30.3 Å². The summed E-state index contributed by atoms with van der Waals surface area (Å²) < 4.78 is 6.76. The molecule has 1 N–H and O–H groups in total. The molecule has 0 aliphatic carbocycles. The second kappa shape index (κ2) is 8.33. The molecule has 23 heavy (non-hydrogen) atoms. The van der Waals surface area contributed by atoms with Crippen LogP contribution in [0.4, 0.5) is 0 Å². The number of benzene rings is 1. The summed E-state index contributed by atoms with van der Waals surface area (Å²) in [7, 11) is 0. The zero-order valence-electron chi connectivity index (χ0n) is 12.8. The van der Waals surface area contributed by atoms with E-state index in [0.717, 1.165) is 5.56 Å². The smallest absolute Gasteiger partial charge is 0.266 e. The summed E-state index contributed by atoms with van der Waals surface area (Å²) in [4.78, 5) is 23.1. The molecule has 6 nitrogen and oxygen atoms in total. The average Bonchev–Trinajstić information content (AvgIpc) is 2.54. The summed E-state index contributed by atoms with van der Waals surface area (Å²) in [6, 6.07) is 8.28. The molecule has 1 amide bonds. The van der Waals surface area contributed by atoms with Gasteiger partial charge in [-0.3, -0.25) is 9.59 Å². The molecular formula is C16H18ClN3O3. The fourth-order valence-corrected chi connectivity index (χ4v) is 2.04. The molecule has 0 unspecified atom stereocenters. The van der Waals surface area contributed by atoms with E-state index in [-0.39, 0.29) is 18.1 Å². The van der Waals surface area contributed by atoms with Crippen molar-refractivity contribution in [2.75, 3.05) is 13.2 Å². The summed E-state index contributed by atoms with van der Waals surface area (Å²) in [5.74, 6) is 0.382. The van der Waals surface area contributed by atoms with Crippen molar-refractivity contribution in [3.8, 4) is 5.75 Å².